The largest absolute Gasteiger partial charge is 0.368 e. The smallest absolute Gasteiger partial charge is 0.237 e. The van der Waals surface area contributed by atoms with Crippen LogP contribution in [0.5, 0.6) is 0 Å². The molecule has 0 bridgehead atoms. The summed E-state index contributed by atoms with van der Waals surface area (Å²) >= 11 is 0. The summed E-state index contributed by atoms with van der Waals surface area (Å²) in [4.78, 5) is 14.1. The van der Waals surface area contributed by atoms with E-state index < -0.39 is 5.54 Å². The maximum atomic E-state index is 11.6. The van der Waals surface area contributed by atoms with Gasteiger partial charge in [0.2, 0.25) is 5.91 Å². The molecule has 1 rings (SSSR count). The molecule has 2 atom stereocenters. The Morgan fingerprint density at radius 2 is 2.11 bits per heavy atom. The van der Waals surface area contributed by atoms with E-state index in [0.29, 0.717) is 6.04 Å². The van der Waals surface area contributed by atoms with Gasteiger partial charge in [0.15, 0.2) is 0 Å². The Bertz CT molecular complexity index is 278. The van der Waals surface area contributed by atoms with E-state index in [4.69, 9.17) is 5.73 Å². The van der Waals surface area contributed by atoms with Crippen LogP contribution in [0, 0.1) is 5.92 Å². The maximum absolute atomic E-state index is 11.6. The maximum Gasteiger partial charge on any atom is 0.237 e. The Morgan fingerprint density at radius 1 is 1.50 bits per heavy atom. The molecule has 0 spiro atoms. The number of nitrogens with two attached hydrogens (primary N) is 1. The van der Waals surface area contributed by atoms with Crippen LogP contribution in [0.3, 0.4) is 0 Å². The van der Waals surface area contributed by atoms with Crippen molar-refractivity contribution in [2.24, 2.45) is 11.7 Å². The lowest BCUT2D eigenvalue weighted by Gasteiger charge is -2.35. The lowest BCUT2D eigenvalue weighted by molar-refractivity contribution is -0.124. The molecule has 1 aliphatic carbocycles. The average Bonchev–Trinajstić information content (AvgIpc) is 3.09. The molecule has 18 heavy (non-hydrogen) atoms. The SMILES string of the molecule is CCNC(C)(CC(C)N(CC)CC1CC1)C(N)=O. The van der Waals surface area contributed by atoms with Crippen LogP contribution in [0.1, 0.15) is 47.0 Å². The summed E-state index contributed by atoms with van der Waals surface area (Å²) in [6.07, 6.45) is 3.50. The number of carbonyl (C=O) groups is 1. The number of nitrogens with zero attached hydrogens (tertiary/aromatic N) is 1. The third-order valence-electron chi connectivity index (χ3n) is 4.03. The number of carbonyl (C=O) groups excluding carboxylic acids is 1. The van der Waals surface area contributed by atoms with Crippen molar-refractivity contribution in [3.8, 4) is 0 Å². The minimum absolute atomic E-state index is 0.251. The third-order valence-corrected chi connectivity index (χ3v) is 4.03. The molecule has 1 amide bonds. The highest BCUT2D eigenvalue weighted by Gasteiger charge is 2.34. The fraction of sp³-hybridized carbons (Fsp3) is 0.929. The first kappa shape index (κ1) is 15.4. The molecular weight excluding hydrogens is 226 g/mol. The Kier molecular flexibility index (Phi) is 5.60. The molecule has 0 heterocycles. The fourth-order valence-electron chi connectivity index (χ4n) is 2.62. The molecule has 0 aromatic heterocycles. The number of nitrogens with one attached hydrogen (secondary N) is 1. The number of primary amides is 1. The van der Waals surface area contributed by atoms with E-state index in [-0.39, 0.29) is 5.91 Å². The predicted octanol–water partition coefficient (Wildman–Crippen LogP) is 1.35. The number of rotatable bonds is 9. The molecule has 1 aliphatic rings. The van der Waals surface area contributed by atoms with Crippen LogP contribution in [0.2, 0.25) is 0 Å². The second-order valence-electron chi connectivity index (χ2n) is 5.81. The Morgan fingerprint density at radius 3 is 2.50 bits per heavy atom. The van der Waals surface area contributed by atoms with Crippen LogP contribution in [-0.4, -0.2) is 42.0 Å². The molecule has 0 saturated heterocycles. The van der Waals surface area contributed by atoms with Crippen LogP contribution < -0.4 is 11.1 Å². The Labute approximate surface area is 111 Å². The van der Waals surface area contributed by atoms with E-state index in [0.717, 1.165) is 25.4 Å². The van der Waals surface area contributed by atoms with Crippen molar-refractivity contribution in [2.75, 3.05) is 19.6 Å². The summed E-state index contributed by atoms with van der Waals surface area (Å²) in [6.45, 7) is 11.3. The molecule has 106 valence electrons. The highest BCUT2D eigenvalue weighted by atomic mass is 16.1. The summed E-state index contributed by atoms with van der Waals surface area (Å²) in [7, 11) is 0. The topological polar surface area (TPSA) is 58.4 Å². The van der Waals surface area contributed by atoms with Crippen molar-refractivity contribution >= 4 is 5.91 Å². The van der Waals surface area contributed by atoms with Crippen molar-refractivity contribution in [2.45, 2.75) is 58.5 Å². The summed E-state index contributed by atoms with van der Waals surface area (Å²) in [6, 6.07) is 0.382. The van der Waals surface area contributed by atoms with Gasteiger partial charge in [0.05, 0.1) is 5.54 Å². The van der Waals surface area contributed by atoms with Crippen molar-refractivity contribution in [3.05, 3.63) is 0 Å². The molecule has 0 aromatic rings. The second-order valence-corrected chi connectivity index (χ2v) is 5.81. The first-order chi connectivity index (χ1) is 8.42. The zero-order valence-corrected chi connectivity index (χ0v) is 12.3. The zero-order valence-electron chi connectivity index (χ0n) is 12.3. The Hall–Kier alpha value is -0.610. The lowest BCUT2D eigenvalue weighted by atomic mass is 9.92. The predicted molar refractivity (Wildman–Crippen MR) is 75.3 cm³/mol. The molecular formula is C14H29N3O. The third kappa shape index (κ3) is 4.25. The van der Waals surface area contributed by atoms with Gasteiger partial charge in [-0.05, 0) is 52.1 Å². The lowest BCUT2D eigenvalue weighted by Crippen LogP contribution is -2.56. The molecule has 0 radical (unpaired) electrons. The molecule has 1 saturated carbocycles. The minimum atomic E-state index is -0.592. The molecule has 3 N–H and O–H groups in total. The van der Waals surface area contributed by atoms with E-state index in [9.17, 15) is 4.79 Å². The van der Waals surface area contributed by atoms with Crippen molar-refractivity contribution in [1.29, 1.82) is 0 Å². The van der Waals surface area contributed by atoms with E-state index in [1.807, 2.05) is 13.8 Å². The van der Waals surface area contributed by atoms with Crippen molar-refractivity contribution in [3.63, 3.8) is 0 Å². The van der Waals surface area contributed by atoms with Crippen LogP contribution in [-0.2, 0) is 4.79 Å². The highest BCUT2D eigenvalue weighted by molar-refractivity contribution is 5.84. The summed E-state index contributed by atoms with van der Waals surface area (Å²) in [5.74, 6) is 0.630. The zero-order chi connectivity index (χ0) is 13.8. The quantitative estimate of drug-likeness (QED) is 0.654. The second kappa shape index (κ2) is 6.53. The van der Waals surface area contributed by atoms with E-state index in [1.54, 1.807) is 0 Å². The van der Waals surface area contributed by atoms with Gasteiger partial charge in [-0.1, -0.05) is 13.8 Å². The van der Waals surface area contributed by atoms with Crippen molar-refractivity contribution in [1.82, 2.24) is 10.2 Å². The van der Waals surface area contributed by atoms with Gasteiger partial charge in [0.1, 0.15) is 0 Å². The van der Waals surface area contributed by atoms with Crippen LogP contribution in [0.15, 0.2) is 0 Å². The van der Waals surface area contributed by atoms with Gasteiger partial charge in [0.25, 0.3) is 0 Å². The average molecular weight is 255 g/mol. The summed E-state index contributed by atoms with van der Waals surface area (Å²) in [5.41, 5.74) is 4.95. The van der Waals surface area contributed by atoms with Gasteiger partial charge in [0, 0.05) is 12.6 Å². The van der Waals surface area contributed by atoms with Gasteiger partial charge in [-0.3, -0.25) is 4.79 Å². The van der Waals surface area contributed by atoms with Crippen molar-refractivity contribution < 1.29 is 4.79 Å². The molecule has 0 aromatic carbocycles. The normalized spacial score (nSPS) is 20.7. The molecule has 1 fully saturated rings. The molecule has 4 heteroatoms. The van der Waals surface area contributed by atoms with Crippen LogP contribution in [0.4, 0.5) is 0 Å². The minimum Gasteiger partial charge on any atom is -0.368 e. The van der Waals surface area contributed by atoms with E-state index in [1.165, 1.54) is 19.4 Å². The number of hydrogen-bond donors (Lipinski definition) is 2. The number of likely N-dealkylation sites (N-methyl/N-ethyl adjacent to an activating group) is 1. The molecule has 0 aliphatic heterocycles. The highest BCUT2D eigenvalue weighted by Crippen LogP contribution is 2.31. The Balaban J connectivity index is 2.57. The molecule has 4 nitrogen and oxygen atoms in total. The molecule has 2 unspecified atom stereocenters. The van der Waals surface area contributed by atoms with Gasteiger partial charge >= 0.3 is 0 Å². The summed E-state index contributed by atoms with van der Waals surface area (Å²) < 4.78 is 0. The van der Waals surface area contributed by atoms with Gasteiger partial charge < -0.3 is 16.0 Å². The monoisotopic (exact) mass is 255 g/mol. The van der Waals surface area contributed by atoms with Gasteiger partial charge in [-0.2, -0.15) is 0 Å². The van der Waals surface area contributed by atoms with Crippen LogP contribution in [0.25, 0.3) is 0 Å². The number of hydrogen-bond acceptors (Lipinski definition) is 3. The standard InChI is InChI=1S/C14H29N3O/c1-5-16-14(4,13(15)18)9-11(3)17(6-2)10-12-7-8-12/h11-12,16H,5-10H2,1-4H3,(H2,15,18). The van der Waals surface area contributed by atoms with Gasteiger partial charge in [-0.25, -0.2) is 0 Å². The first-order valence-corrected chi connectivity index (χ1v) is 7.22. The van der Waals surface area contributed by atoms with E-state index in [2.05, 4.69) is 24.1 Å². The fourth-order valence-corrected chi connectivity index (χ4v) is 2.62. The first-order valence-electron chi connectivity index (χ1n) is 7.22. The van der Waals surface area contributed by atoms with E-state index >= 15 is 0 Å². The summed E-state index contributed by atoms with van der Waals surface area (Å²) in [5, 5.41) is 3.24. The van der Waals surface area contributed by atoms with Gasteiger partial charge in [-0.15, -0.1) is 0 Å². The number of amides is 1. The van der Waals surface area contributed by atoms with Crippen LogP contribution >= 0.6 is 0 Å².